The molecule has 23 heavy (non-hydrogen) atoms. The number of nitrogens with two attached hydrogens (primary N) is 1. The van der Waals surface area contributed by atoms with E-state index in [9.17, 15) is 9.59 Å². The van der Waals surface area contributed by atoms with Gasteiger partial charge in [-0.15, -0.1) is 11.3 Å². The average molecular weight is 396 g/mol. The summed E-state index contributed by atoms with van der Waals surface area (Å²) in [7, 11) is 0. The molecule has 0 aliphatic carbocycles. The minimum absolute atomic E-state index is 0.0346. The first-order chi connectivity index (χ1) is 10.8. The van der Waals surface area contributed by atoms with Gasteiger partial charge in [-0.25, -0.2) is 14.8 Å². The Bertz CT molecular complexity index is 781. The van der Waals surface area contributed by atoms with E-state index in [1.54, 1.807) is 5.38 Å². The van der Waals surface area contributed by atoms with E-state index >= 15 is 0 Å². The number of aromatic nitrogens is 2. The molecular weight excluding hydrogens is 387 g/mol. The molecule has 7 nitrogen and oxygen atoms in total. The van der Waals surface area contributed by atoms with Crippen molar-refractivity contribution in [1.29, 1.82) is 0 Å². The number of hydrogen-bond donors (Lipinski definition) is 2. The molecule has 2 aromatic heterocycles. The number of hydrogen-bond acceptors (Lipinski definition) is 7. The van der Waals surface area contributed by atoms with E-state index < -0.39 is 5.97 Å². The molecule has 11 heteroatoms. The van der Waals surface area contributed by atoms with Gasteiger partial charge in [0.25, 0.3) is 0 Å². The molecule has 0 radical (unpaired) electrons. The lowest BCUT2D eigenvalue weighted by atomic mass is 10.3. The van der Waals surface area contributed by atoms with Crippen molar-refractivity contribution in [2.24, 2.45) is 0 Å². The molecule has 0 saturated heterocycles. The number of esters is 1. The first kappa shape index (κ1) is 17.7. The summed E-state index contributed by atoms with van der Waals surface area (Å²) in [6.45, 7) is 1.23. The molecule has 0 bridgehead atoms. The van der Waals surface area contributed by atoms with Gasteiger partial charge in [-0.2, -0.15) is 0 Å². The summed E-state index contributed by atoms with van der Waals surface area (Å²) in [5, 5.41) is 4.23. The van der Waals surface area contributed by atoms with Crippen molar-refractivity contribution in [1.82, 2.24) is 9.97 Å². The van der Waals surface area contributed by atoms with E-state index in [4.69, 9.17) is 45.3 Å². The van der Waals surface area contributed by atoms with Crippen LogP contribution in [0.5, 0.6) is 0 Å². The largest absolute Gasteiger partial charge is 0.454 e. The number of thiazole rings is 1. The Balaban J connectivity index is 2.08. The lowest BCUT2D eigenvalue weighted by Crippen LogP contribution is -2.10. The number of amides is 1. The second-order valence-corrected chi connectivity index (χ2v) is 6.17. The Labute approximate surface area is 149 Å². The first-order valence-electron chi connectivity index (χ1n) is 5.98. The van der Waals surface area contributed by atoms with Crippen LogP contribution in [0.3, 0.4) is 0 Å². The Morgan fingerprint density at radius 1 is 1.30 bits per heavy atom. The van der Waals surface area contributed by atoms with Gasteiger partial charge in [-0.1, -0.05) is 34.8 Å². The standard InChI is InChI=1S/C12H9Cl3N4O3S/c1-4(20)17-12-18-5(3-23-12)2-22-11(21)9-6(13)8(16)7(14)10(15)19-9/h3H,2H2,1H3,(H2,16,19)(H,17,18,20). The van der Waals surface area contributed by atoms with Crippen molar-refractivity contribution in [3.05, 3.63) is 32.0 Å². The SMILES string of the molecule is CC(=O)Nc1nc(COC(=O)c2nc(Cl)c(Cl)c(N)c2Cl)cs1. The predicted molar refractivity (Wildman–Crippen MR) is 89.2 cm³/mol. The van der Waals surface area contributed by atoms with E-state index in [1.165, 1.54) is 18.3 Å². The van der Waals surface area contributed by atoms with Crippen LogP contribution in [0.15, 0.2) is 5.38 Å². The van der Waals surface area contributed by atoms with Crippen molar-refractivity contribution < 1.29 is 14.3 Å². The highest BCUT2D eigenvalue weighted by atomic mass is 35.5. The van der Waals surface area contributed by atoms with Crippen LogP contribution in [0.1, 0.15) is 23.1 Å². The van der Waals surface area contributed by atoms with E-state index in [1.807, 2.05) is 0 Å². The molecule has 0 aromatic carbocycles. The average Bonchev–Trinajstić information content (AvgIpc) is 2.93. The van der Waals surface area contributed by atoms with Gasteiger partial charge in [0.1, 0.15) is 11.6 Å². The number of rotatable bonds is 4. The van der Waals surface area contributed by atoms with Gasteiger partial charge in [0.05, 0.1) is 16.4 Å². The lowest BCUT2D eigenvalue weighted by molar-refractivity contribution is -0.114. The molecule has 0 spiro atoms. The lowest BCUT2D eigenvalue weighted by Gasteiger charge is -2.08. The molecule has 0 atom stereocenters. The second kappa shape index (κ2) is 7.31. The summed E-state index contributed by atoms with van der Waals surface area (Å²) >= 11 is 18.7. The highest BCUT2D eigenvalue weighted by Gasteiger charge is 2.21. The summed E-state index contributed by atoms with van der Waals surface area (Å²) in [5.41, 5.74) is 5.79. The molecule has 3 N–H and O–H groups in total. The molecule has 0 aliphatic rings. The Kier molecular flexibility index (Phi) is 5.64. The molecule has 122 valence electrons. The van der Waals surface area contributed by atoms with Crippen molar-refractivity contribution in [2.45, 2.75) is 13.5 Å². The van der Waals surface area contributed by atoms with Crippen LogP contribution in [-0.4, -0.2) is 21.8 Å². The summed E-state index contributed by atoms with van der Waals surface area (Å²) in [6, 6.07) is 0. The van der Waals surface area contributed by atoms with Crippen LogP contribution in [0.4, 0.5) is 10.8 Å². The van der Waals surface area contributed by atoms with Gasteiger partial charge >= 0.3 is 5.97 Å². The fraction of sp³-hybridized carbons (Fsp3) is 0.167. The fourth-order valence-electron chi connectivity index (χ4n) is 1.46. The minimum Gasteiger partial charge on any atom is -0.454 e. The van der Waals surface area contributed by atoms with Crippen molar-refractivity contribution in [3.8, 4) is 0 Å². The third-order valence-corrected chi connectivity index (χ3v) is 4.39. The Morgan fingerprint density at radius 2 is 2.00 bits per heavy atom. The Hall–Kier alpha value is -1.61. The van der Waals surface area contributed by atoms with Gasteiger partial charge in [-0.3, -0.25) is 4.79 Å². The number of anilines is 2. The predicted octanol–water partition coefficient (Wildman–Crippen LogP) is 3.40. The molecule has 2 heterocycles. The molecule has 0 fully saturated rings. The molecule has 0 saturated carbocycles. The molecule has 1 amide bonds. The Morgan fingerprint density at radius 3 is 2.65 bits per heavy atom. The maximum Gasteiger partial charge on any atom is 0.359 e. The minimum atomic E-state index is -0.825. The zero-order chi connectivity index (χ0) is 17.1. The highest BCUT2D eigenvalue weighted by molar-refractivity contribution is 7.13. The first-order valence-corrected chi connectivity index (χ1v) is 8.00. The summed E-state index contributed by atoms with van der Waals surface area (Å²) < 4.78 is 5.05. The summed E-state index contributed by atoms with van der Waals surface area (Å²) in [4.78, 5) is 30.8. The molecular formula is C12H9Cl3N4O3S. The van der Waals surface area contributed by atoms with Crippen LogP contribution >= 0.6 is 46.1 Å². The number of carbonyl (C=O) groups is 2. The quantitative estimate of drug-likeness (QED) is 0.607. The normalized spacial score (nSPS) is 10.4. The van der Waals surface area contributed by atoms with Gasteiger partial charge in [-0.05, 0) is 0 Å². The van der Waals surface area contributed by atoms with E-state index in [0.29, 0.717) is 10.8 Å². The number of nitrogens with zero attached hydrogens (tertiary/aromatic N) is 2. The fourth-order valence-corrected chi connectivity index (χ4v) is 2.78. The third kappa shape index (κ3) is 4.23. The van der Waals surface area contributed by atoms with Crippen molar-refractivity contribution >= 4 is 68.8 Å². The zero-order valence-corrected chi connectivity index (χ0v) is 14.6. The maximum absolute atomic E-state index is 12.0. The van der Waals surface area contributed by atoms with Gasteiger partial charge in [0.2, 0.25) is 5.91 Å². The number of halogens is 3. The van der Waals surface area contributed by atoms with Crippen LogP contribution in [-0.2, 0) is 16.1 Å². The van der Waals surface area contributed by atoms with Gasteiger partial charge < -0.3 is 15.8 Å². The third-order valence-electron chi connectivity index (χ3n) is 2.45. The molecule has 0 aliphatic heterocycles. The molecule has 2 rings (SSSR count). The van der Waals surface area contributed by atoms with Crippen molar-refractivity contribution in [3.63, 3.8) is 0 Å². The van der Waals surface area contributed by atoms with Crippen LogP contribution in [0, 0.1) is 0 Å². The van der Waals surface area contributed by atoms with Crippen LogP contribution in [0.2, 0.25) is 15.2 Å². The highest BCUT2D eigenvalue weighted by Crippen LogP contribution is 2.34. The number of pyridine rings is 1. The topological polar surface area (TPSA) is 107 Å². The van der Waals surface area contributed by atoms with Crippen molar-refractivity contribution in [2.75, 3.05) is 11.1 Å². The second-order valence-electron chi connectivity index (χ2n) is 4.19. The number of carbonyl (C=O) groups excluding carboxylic acids is 2. The monoisotopic (exact) mass is 394 g/mol. The van der Waals surface area contributed by atoms with Gasteiger partial charge in [0.15, 0.2) is 16.0 Å². The van der Waals surface area contributed by atoms with Crippen LogP contribution < -0.4 is 11.1 Å². The van der Waals surface area contributed by atoms with E-state index in [2.05, 4.69) is 15.3 Å². The van der Waals surface area contributed by atoms with Crippen LogP contribution in [0.25, 0.3) is 0 Å². The number of nitrogens with one attached hydrogen (secondary N) is 1. The molecule has 2 aromatic rings. The van der Waals surface area contributed by atoms with E-state index in [0.717, 1.165) is 0 Å². The smallest absolute Gasteiger partial charge is 0.359 e. The number of nitrogen functional groups attached to an aromatic ring is 1. The summed E-state index contributed by atoms with van der Waals surface area (Å²) in [5.74, 6) is -1.07. The molecule has 0 unspecified atom stereocenters. The number of ether oxygens (including phenoxy) is 1. The summed E-state index contributed by atoms with van der Waals surface area (Å²) in [6.07, 6.45) is 0. The zero-order valence-electron chi connectivity index (χ0n) is 11.5. The van der Waals surface area contributed by atoms with Gasteiger partial charge in [0, 0.05) is 12.3 Å². The maximum atomic E-state index is 12.0. The van der Waals surface area contributed by atoms with E-state index in [-0.39, 0.29) is 39.1 Å².